The highest BCUT2D eigenvalue weighted by molar-refractivity contribution is 6.18. The number of carbonyl (C=O) groups is 2. The smallest absolute Gasteiger partial charge is 0.256 e. The second-order valence-electron chi connectivity index (χ2n) is 8.18. The predicted octanol–water partition coefficient (Wildman–Crippen LogP) is 5.29. The molecule has 0 aliphatic heterocycles. The van der Waals surface area contributed by atoms with Crippen molar-refractivity contribution in [3.63, 3.8) is 0 Å². The number of carbonyl (C=O) groups excluding carboxylic acids is 2. The van der Waals surface area contributed by atoms with E-state index in [0.717, 1.165) is 11.0 Å². The van der Waals surface area contributed by atoms with E-state index in [1.807, 2.05) is 38.4 Å². The summed E-state index contributed by atoms with van der Waals surface area (Å²) in [5, 5.41) is 8.04. The molecule has 0 aliphatic rings. The van der Waals surface area contributed by atoms with Gasteiger partial charge in [0, 0.05) is 22.6 Å². The second kappa shape index (κ2) is 10.4. The number of rotatable bonds is 9. The van der Waals surface area contributed by atoms with Crippen molar-refractivity contribution in [3.8, 4) is 11.5 Å². The van der Waals surface area contributed by atoms with Crippen LogP contribution in [-0.4, -0.2) is 39.7 Å². The lowest BCUT2D eigenvalue weighted by atomic mass is 9.97. The molecule has 0 radical (unpaired) electrons. The minimum atomic E-state index is -0.401. The fourth-order valence-electron chi connectivity index (χ4n) is 3.81. The van der Waals surface area contributed by atoms with Gasteiger partial charge in [-0.05, 0) is 58.0 Å². The van der Waals surface area contributed by atoms with Crippen molar-refractivity contribution in [1.82, 2.24) is 14.8 Å². The summed E-state index contributed by atoms with van der Waals surface area (Å²) in [6.45, 7) is 8.72. The summed E-state index contributed by atoms with van der Waals surface area (Å²) in [7, 11) is 0. The summed E-state index contributed by atoms with van der Waals surface area (Å²) in [6.07, 6.45) is 3.31. The fraction of sp³-hybridized carbons (Fsp3) is 0.259. The quantitative estimate of drug-likeness (QED) is 0.333. The van der Waals surface area contributed by atoms with Crippen molar-refractivity contribution in [1.29, 1.82) is 0 Å². The first-order valence-corrected chi connectivity index (χ1v) is 11.6. The van der Waals surface area contributed by atoms with Crippen LogP contribution in [0.1, 0.15) is 60.0 Å². The van der Waals surface area contributed by atoms with Crippen molar-refractivity contribution in [2.45, 2.75) is 33.7 Å². The lowest BCUT2D eigenvalue weighted by molar-refractivity contribution is 0.0996. The van der Waals surface area contributed by atoms with Gasteiger partial charge in [-0.25, -0.2) is 9.67 Å². The Morgan fingerprint density at radius 1 is 0.943 bits per heavy atom. The Morgan fingerprint density at radius 3 is 2.37 bits per heavy atom. The van der Waals surface area contributed by atoms with Crippen LogP contribution in [0, 0.1) is 0 Å². The van der Waals surface area contributed by atoms with Crippen molar-refractivity contribution in [2.24, 2.45) is 0 Å². The van der Waals surface area contributed by atoms with Crippen LogP contribution in [0.3, 0.4) is 0 Å². The lowest BCUT2D eigenvalue weighted by Crippen LogP contribution is -2.17. The fourth-order valence-corrected chi connectivity index (χ4v) is 3.81. The number of hydrogen-bond donors (Lipinski definition) is 1. The zero-order valence-electron chi connectivity index (χ0n) is 20.2. The number of nitrogens with one attached hydrogen (secondary N) is 1. The first kappa shape index (κ1) is 23.9. The maximum atomic E-state index is 13.4. The van der Waals surface area contributed by atoms with E-state index < -0.39 is 5.91 Å². The summed E-state index contributed by atoms with van der Waals surface area (Å²) < 4.78 is 13.1. The number of amides is 1. The molecule has 1 N–H and O–H groups in total. The molecule has 0 fully saturated rings. The van der Waals surface area contributed by atoms with Gasteiger partial charge >= 0.3 is 0 Å². The second-order valence-corrected chi connectivity index (χ2v) is 8.18. The number of anilines is 1. The number of hydrogen-bond acceptors (Lipinski definition) is 6. The van der Waals surface area contributed by atoms with E-state index in [-0.39, 0.29) is 17.4 Å². The van der Waals surface area contributed by atoms with Gasteiger partial charge in [-0.15, -0.1) is 0 Å². The first-order chi connectivity index (χ1) is 16.9. The van der Waals surface area contributed by atoms with Gasteiger partial charge in [0.25, 0.3) is 5.91 Å². The van der Waals surface area contributed by atoms with Crippen LogP contribution in [0.2, 0.25) is 0 Å². The SMILES string of the molecule is CCOc1ccc(C(=O)c2ccccc2C(=O)Nc2cnc3c(cnn3C(C)C)c2)cc1OCC. The molecule has 4 rings (SSSR count). The number of ketones is 1. The number of pyridine rings is 1. The number of aromatic nitrogens is 3. The first-order valence-electron chi connectivity index (χ1n) is 11.6. The molecule has 0 atom stereocenters. The average Bonchev–Trinajstić information content (AvgIpc) is 3.28. The van der Waals surface area contributed by atoms with Crippen LogP contribution in [0.15, 0.2) is 60.9 Å². The molecular weight excluding hydrogens is 444 g/mol. The lowest BCUT2D eigenvalue weighted by Gasteiger charge is -2.13. The van der Waals surface area contributed by atoms with Crippen molar-refractivity contribution in [2.75, 3.05) is 18.5 Å². The van der Waals surface area contributed by atoms with Crippen LogP contribution in [0.25, 0.3) is 11.0 Å². The molecule has 2 heterocycles. The Bertz CT molecular complexity index is 1380. The molecule has 1 amide bonds. The molecule has 8 heteroatoms. The number of ether oxygens (including phenoxy) is 2. The maximum absolute atomic E-state index is 13.4. The van der Waals surface area contributed by atoms with Gasteiger partial charge in [0.1, 0.15) is 0 Å². The molecule has 35 heavy (non-hydrogen) atoms. The maximum Gasteiger partial charge on any atom is 0.256 e. The third-order valence-electron chi connectivity index (χ3n) is 5.40. The Kier molecular flexibility index (Phi) is 7.10. The third-order valence-corrected chi connectivity index (χ3v) is 5.40. The minimum Gasteiger partial charge on any atom is -0.490 e. The van der Waals surface area contributed by atoms with E-state index in [0.29, 0.717) is 41.5 Å². The van der Waals surface area contributed by atoms with Crippen molar-refractivity contribution >= 4 is 28.4 Å². The molecular formula is C27H28N4O4. The largest absolute Gasteiger partial charge is 0.490 e. The van der Waals surface area contributed by atoms with Gasteiger partial charge in [0.15, 0.2) is 22.9 Å². The number of benzene rings is 2. The molecule has 4 aromatic rings. The van der Waals surface area contributed by atoms with E-state index >= 15 is 0 Å². The summed E-state index contributed by atoms with van der Waals surface area (Å²) in [5.74, 6) is 0.373. The summed E-state index contributed by atoms with van der Waals surface area (Å²) in [4.78, 5) is 31.0. The average molecular weight is 473 g/mol. The van der Waals surface area contributed by atoms with Crippen LogP contribution in [0.4, 0.5) is 5.69 Å². The zero-order chi connectivity index (χ0) is 24.9. The summed E-state index contributed by atoms with van der Waals surface area (Å²) in [6, 6.07) is 13.7. The molecule has 0 spiro atoms. The van der Waals surface area contributed by atoms with Gasteiger partial charge in [0.05, 0.1) is 36.9 Å². The molecule has 2 aromatic heterocycles. The van der Waals surface area contributed by atoms with Gasteiger partial charge in [-0.1, -0.05) is 18.2 Å². The van der Waals surface area contributed by atoms with Gasteiger partial charge in [0.2, 0.25) is 0 Å². The van der Waals surface area contributed by atoms with E-state index in [2.05, 4.69) is 15.4 Å². The van der Waals surface area contributed by atoms with Gasteiger partial charge < -0.3 is 14.8 Å². The molecule has 2 aromatic carbocycles. The molecule has 0 saturated heterocycles. The molecule has 8 nitrogen and oxygen atoms in total. The summed E-state index contributed by atoms with van der Waals surface area (Å²) >= 11 is 0. The standard InChI is InChI=1S/C27H28N4O4/c1-5-34-23-12-11-18(14-24(23)35-6-2)25(32)21-9-7-8-10-22(21)27(33)30-20-13-19-15-29-31(17(3)4)26(19)28-16-20/h7-17H,5-6H2,1-4H3,(H,30,33). The van der Waals surface area contributed by atoms with Crippen LogP contribution < -0.4 is 14.8 Å². The molecule has 0 bridgehead atoms. The summed E-state index contributed by atoms with van der Waals surface area (Å²) in [5.41, 5.74) is 2.23. The van der Waals surface area contributed by atoms with E-state index in [1.54, 1.807) is 54.9 Å². The predicted molar refractivity (Wildman–Crippen MR) is 135 cm³/mol. The van der Waals surface area contributed by atoms with Crippen molar-refractivity contribution < 1.29 is 19.1 Å². The highest BCUT2D eigenvalue weighted by Gasteiger charge is 2.20. The van der Waals surface area contributed by atoms with Gasteiger partial charge in [-0.2, -0.15) is 5.10 Å². The Balaban J connectivity index is 1.61. The topological polar surface area (TPSA) is 95.3 Å². The highest BCUT2D eigenvalue weighted by Crippen LogP contribution is 2.30. The van der Waals surface area contributed by atoms with E-state index in [9.17, 15) is 9.59 Å². The van der Waals surface area contributed by atoms with Crippen LogP contribution >= 0.6 is 0 Å². The number of fused-ring (bicyclic) bond motifs is 1. The molecule has 0 saturated carbocycles. The van der Waals surface area contributed by atoms with E-state index in [1.165, 1.54) is 0 Å². The molecule has 180 valence electrons. The minimum absolute atomic E-state index is 0.171. The van der Waals surface area contributed by atoms with Gasteiger partial charge in [-0.3, -0.25) is 9.59 Å². The van der Waals surface area contributed by atoms with Crippen molar-refractivity contribution in [3.05, 3.63) is 77.6 Å². The molecule has 0 unspecified atom stereocenters. The third kappa shape index (κ3) is 5.01. The Morgan fingerprint density at radius 2 is 1.66 bits per heavy atom. The Hall–Kier alpha value is -4.20. The van der Waals surface area contributed by atoms with Crippen LogP contribution in [0.5, 0.6) is 11.5 Å². The zero-order valence-corrected chi connectivity index (χ0v) is 20.2. The number of nitrogens with zero attached hydrogens (tertiary/aromatic N) is 3. The normalized spacial score (nSPS) is 11.0. The molecule has 0 aliphatic carbocycles. The monoisotopic (exact) mass is 472 g/mol. The van der Waals surface area contributed by atoms with E-state index in [4.69, 9.17) is 9.47 Å². The highest BCUT2D eigenvalue weighted by atomic mass is 16.5. The Labute approximate surface area is 203 Å². The van der Waals surface area contributed by atoms with Crippen LogP contribution in [-0.2, 0) is 0 Å².